The summed E-state index contributed by atoms with van der Waals surface area (Å²) < 4.78 is 0. The maximum atomic E-state index is 11.4. The molecule has 0 bridgehead atoms. The second kappa shape index (κ2) is 6.92. The zero-order valence-corrected chi connectivity index (χ0v) is 10.2. The fraction of sp³-hybridized carbons (Fsp3) is 0.667. The van der Waals surface area contributed by atoms with Crippen molar-refractivity contribution in [2.45, 2.75) is 12.8 Å². The van der Waals surface area contributed by atoms with Crippen molar-refractivity contribution >= 4 is 11.8 Å². The minimum atomic E-state index is -0.0543. The standard InChI is InChI=1S/C12H19N3O2/c1-3-6-14-11(16)9-15-7-4-10(5-8-15)12(17)13-2/h1,10H,4-9H2,2H3,(H,13,17)(H,14,16). The van der Waals surface area contributed by atoms with Crippen LogP contribution in [0.15, 0.2) is 0 Å². The van der Waals surface area contributed by atoms with Gasteiger partial charge in [0.2, 0.25) is 11.8 Å². The Morgan fingerprint density at radius 1 is 1.41 bits per heavy atom. The van der Waals surface area contributed by atoms with Gasteiger partial charge in [0.25, 0.3) is 0 Å². The Bertz CT molecular complexity index is 314. The third-order valence-electron chi connectivity index (χ3n) is 2.96. The molecule has 1 aliphatic heterocycles. The van der Waals surface area contributed by atoms with E-state index in [1.165, 1.54) is 0 Å². The lowest BCUT2D eigenvalue weighted by atomic mass is 9.96. The fourth-order valence-corrected chi connectivity index (χ4v) is 1.97. The maximum absolute atomic E-state index is 11.4. The summed E-state index contributed by atoms with van der Waals surface area (Å²) in [6.07, 6.45) is 6.67. The van der Waals surface area contributed by atoms with Crippen LogP contribution in [0.4, 0.5) is 0 Å². The largest absolute Gasteiger partial charge is 0.359 e. The van der Waals surface area contributed by atoms with Crippen molar-refractivity contribution in [1.29, 1.82) is 0 Å². The van der Waals surface area contributed by atoms with Gasteiger partial charge in [-0.05, 0) is 25.9 Å². The van der Waals surface area contributed by atoms with E-state index in [1.54, 1.807) is 7.05 Å². The predicted octanol–water partition coefficient (Wildman–Crippen LogP) is -0.806. The average molecular weight is 237 g/mol. The number of hydrogen-bond acceptors (Lipinski definition) is 3. The molecule has 1 saturated heterocycles. The summed E-state index contributed by atoms with van der Waals surface area (Å²) in [4.78, 5) is 24.9. The SMILES string of the molecule is C#CCNC(=O)CN1CCC(C(=O)NC)CC1. The van der Waals surface area contributed by atoms with E-state index in [9.17, 15) is 9.59 Å². The maximum Gasteiger partial charge on any atom is 0.234 e. The Kier molecular flexibility index (Phi) is 5.50. The third-order valence-corrected chi connectivity index (χ3v) is 2.96. The Morgan fingerprint density at radius 3 is 2.59 bits per heavy atom. The molecule has 2 amide bonds. The molecule has 94 valence electrons. The van der Waals surface area contributed by atoms with E-state index in [0.29, 0.717) is 6.54 Å². The van der Waals surface area contributed by atoms with Crippen LogP contribution in [0.5, 0.6) is 0 Å². The van der Waals surface area contributed by atoms with Gasteiger partial charge in [-0.2, -0.15) is 0 Å². The molecule has 1 rings (SSSR count). The predicted molar refractivity (Wildman–Crippen MR) is 65.1 cm³/mol. The Labute approximate surface area is 102 Å². The number of carbonyl (C=O) groups is 2. The second-order valence-electron chi connectivity index (χ2n) is 4.15. The summed E-state index contributed by atoms with van der Waals surface area (Å²) in [7, 11) is 1.65. The zero-order valence-electron chi connectivity index (χ0n) is 10.2. The molecule has 0 spiro atoms. The highest BCUT2D eigenvalue weighted by molar-refractivity contribution is 5.79. The van der Waals surface area contributed by atoms with E-state index < -0.39 is 0 Å². The summed E-state index contributed by atoms with van der Waals surface area (Å²) in [5.74, 6) is 2.49. The normalized spacial score (nSPS) is 17.2. The van der Waals surface area contributed by atoms with E-state index in [4.69, 9.17) is 6.42 Å². The van der Waals surface area contributed by atoms with Crippen molar-refractivity contribution in [2.24, 2.45) is 5.92 Å². The zero-order chi connectivity index (χ0) is 12.7. The molecule has 0 aromatic heterocycles. The van der Waals surface area contributed by atoms with Crippen LogP contribution in [-0.2, 0) is 9.59 Å². The Morgan fingerprint density at radius 2 is 2.06 bits per heavy atom. The van der Waals surface area contributed by atoms with Crippen molar-refractivity contribution < 1.29 is 9.59 Å². The first-order valence-corrected chi connectivity index (χ1v) is 5.81. The summed E-state index contributed by atoms with van der Waals surface area (Å²) in [5, 5.41) is 5.29. The number of terminal acetylenes is 1. The first kappa shape index (κ1) is 13.5. The van der Waals surface area contributed by atoms with E-state index in [0.717, 1.165) is 25.9 Å². The number of piperidine rings is 1. The summed E-state index contributed by atoms with van der Waals surface area (Å²) >= 11 is 0. The molecule has 5 nitrogen and oxygen atoms in total. The molecule has 1 fully saturated rings. The molecule has 0 aromatic carbocycles. The summed E-state index contributed by atoms with van der Waals surface area (Å²) in [5.41, 5.74) is 0. The molecule has 0 radical (unpaired) electrons. The van der Waals surface area contributed by atoms with E-state index >= 15 is 0 Å². The lowest BCUT2D eigenvalue weighted by Crippen LogP contribution is -2.44. The van der Waals surface area contributed by atoms with E-state index in [-0.39, 0.29) is 24.3 Å². The number of hydrogen-bond donors (Lipinski definition) is 2. The van der Waals surface area contributed by atoms with Crippen molar-refractivity contribution in [1.82, 2.24) is 15.5 Å². The van der Waals surface area contributed by atoms with Gasteiger partial charge in [0.15, 0.2) is 0 Å². The van der Waals surface area contributed by atoms with Crippen LogP contribution >= 0.6 is 0 Å². The van der Waals surface area contributed by atoms with Crippen LogP contribution < -0.4 is 10.6 Å². The molecule has 1 aliphatic rings. The smallest absolute Gasteiger partial charge is 0.234 e. The molecule has 0 aliphatic carbocycles. The molecule has 17 heavy (non-hydrogen) atoms. The number of amides is 2. The topological polar surface area (TPSA) is 61.4 Å². The number of rotatable bonds is 4. The first-order valence-electron chi connectivity index (χ1n) is 5.81. The minimum absolute atomic E-state index is 0.0543. The Hall–Kier alpha value is -1.54. The minimum Gasteiger partial charge on any atom is -0.359 e. The lowest BCUT2D eigenvalue weighted by Gasteiger charge is -2.30. The fourth-order valence-electron chi connectivity index (χ4n) is 1.97. The molecule has 5 heteroatoms. The quantitative estimate of drug-likeness (QED) is 0.629. The molecule has 1 heterocycles. The van der Waals surface area contributed by atoms with Crippen molar-refractivity contribution in [3.63, 3.8) is 0 Å². The van der Waals surface area contributed by atoms with Gasteiger partial charge in [0, 0.05) is 13.0 Å². The van der Waals surface area contributed by atoms with Crippen LogP contribution in [0.2, 0.25) is 0 Å². The number of carbonyl (C=O) groups excluding carboxylic acids is 2. The van der Waals surface area contributed by atoms with Gasteiger partial charge in [0.1, 0.15) is 0 Å². The molecule has 2 N–H and O–H groups in total. The molecule has 0 atom stereocenters. The monoisotopic (exact) mass is 237 g/mol. The van der Waals surface area contributed by atoms with Crippen LogP contribution in [-0.4, -0.2) is 49.9 Å². The van der Waals surface area contributed by atoms with Gasteiger partial charge in [-0.3, -0.25) is 14.5 Å². The number of nitrogens with one attached hydrogen (secondary N) is 2. The van der Waals surface area contributed by atoms with Gasteiger partial charge >= 0.3 is 0 Å². The second-order valence-corrected chi connectivity index (χ2v) is 4.15. The van der Waals surface area contributed by atoms with Gasteiger partial charge in [-0.15, -0.1) is 6.42 Å². The molecule has 0 aromatic rings. The van der Waals surface area contributed by atoms with Crippen LogP contribution in [0.1, 0.15) is 12.8 Å². The highest BCUT2D eigenvalue weighted by Gasteiger charge is 2.24. The van der Waals surface area contributed by atoms with Crippen LogP contribution in [0.25, 0.3) is 0 Å². The van der Waals surface area contributed by atoms with E-state index in [2.05, 4.69) is 16.6 Å². The lowest BCUT2D eigenvalue weighted by molar-refractivity contribution is -0.126. The number of nitrogens with zero attached hydrogens (tertiary/aromatic N) is 1. The van der Waals surface area contributed by atoms with Gasteiger partial charge in [0.05, 0.1) is 13.1 Å². The number of likely N-dealkylation sites (tertiary alicyclic amines) is 1. The summed E-state index contributed by atoms with van der Waals surface area (Å²) in [6.45, 7) is 2.19. The van der Waals surface area contributed by atoms with E-state index in [1.807, 2.05) is 4.90 Å². The molecule has 0 unspecified atom stereocenters. The van der Waals surface area contributed by atoms with Gasteiger partial charge in [-0.1, -0.05) is 5.92 Å². The summed E-state index contributed by atoms with van der Waals surface area (Å²) in [6, 6.07) is 0. The van der Waals surface area contributed by atoms with Crippen molar-refractivity contribution in [3.05, 3.63) is 0 Å². The van der Waals surface area contributed by atoms with Crippen molar-refractivity contribution in [2.75, 3.05) is 33.2 Å². The van der Waals surface area contributed by atoms with Crippen molar-refractivity contribution in [3.8, 4) is 12.3 Å². The molecule has 0 saturated carbocycles. The molecular formula is C12H19N3O2. The van der Waals surface area contributed by atoms with Crippen LogP contribution in [0, 0.1) is 18.3 Å². The highest BCUT2D eigenvalue weighted by atomic mass is 16.2. The molecular weight excluding hydrogens is 218 g/mol. The van der Waals surface area contributed by atoms with Gasteiger partial charge in [-0.25, -0.2) is 0 Å². The third kappa shape index (κ3) is 4.45. The first-order chi connectivity index (χ1) is 8.17. The Balaban J connectivity index is 2.25. The highest BCUT2D eigenvalue weighted by Crippen LogP contribution is 2.16. The van der Waals surface area contributed by atoms with Gasteiger partial charge < -0.3 is 10.6 Å². The average Bonchev–Trinajstić information content (AvgIpc) is 2.36. The van der Waals surface area contributed by atoms with Crippen LogP contribution in [0.3, 0.4) is 0 Å².